The minimum absolute atomic E-state index is 0.0750. The van der Waals surface area contributed by atoms with Crippen LogP contribution in [0.2, 0.25) is 0 Å². The molecule has 0 N–H and O–H groups in total. The molecule has 0 radical (unpaired) electrons. The summed E-state index contributed by atoms with van der Waals surface area (Å²) in [7, 11) is 1.24. The van der Waals surface area contributed by atoms with Gasteiger partial charge < -0.3 is 4.74 Å². The molecule has 0 amide bonds. The van der Waals surface area contributed by atoms with Gasteiger partial charge in [0.25, 0.3) is 0 Å². The summed E-state index contributed by atoms with van der Waals surface area (Å²) >= 11 is 1.43. The summed E-state index contributed by atoms with van der Waals surface area (Å²) in [6.07, 6.45) is 1.69. The van der Waals surface area contributed by atoms with Gasteiger partial charge in [0, 0.05) is 11.8 Å². The van der Waals surface area contributed by atoms with Crippen LogP contribution in [0.1, 0.15) is 15.9 Å². The molecule has 0 aliphatic rings. The molecule has 2 aromatic carbocycles. The lowest BCUT2D eigenvalue weighted by molar-refractivity contribution is 0.0595. The summed E-state index contributed by atoms with van der Waals surface area (Å²) in [5.41, 5.74) is 4.53. The van der Waals surface area contributed by atoms with Gasteiger partial charge in [-0.25, -0.2) is 9.18 Å². The first-order valence-electron chi connectivity index (χ1n) is 6.98. The Morgan fingerprint density at radius 1 is 1.17 bits per heavy atom. The van der Waals surface area contributed by atoms with E-state index in [4.69, 9.17) is 4.74 Å². The lowest BCUT2D eigenvalue weighted by atomic mass is 9.97. The number of methoxy groups -OCH3 is 1. The Bertz CT molecular complexity index is 842. The molecular weight excluding hydrogens is 313 g/mol. The van der Waals surface area contributed by atoms with Gasteiger partial charge in [0.05, 0.1) is 23.1 Å². The van der Waals surface area contributed by atoms with Crippen molar-refractivity contribution in [3.63, 3.8) is 0 Å². The largest absolute Gasteiger partial charge is 0.465 e. The molecule has 5 heteroatoms. The highest BCUT2D eigenvalue weighted by Gasteiger charge is 2.19. The molecule has 116 valence electrons. The minimum atomic E-state index is -0.692. The SMILES string of the molecule is COC(=O)c1cc(-c2cncs2)cc(-c2ccc(C)cc2)c1F. The predicted octanol–water partition coefficient (Wildman–Crippen LogP) is 4.71. The van der Waals surface area contributed by atoms with Crippen molar-refractivity contribution in [1.82, 2.24) is 4.98 Å². The van der Waals surface area contributed by atoms with E-state index in [1.165, 1.54) is 24.5 Å². The number of esters is 1. The minimum Gasteiger partial charge on any atom is -0.465 e. The first kappa shape index (κ1) is 15.4. The maximum Gasteiger partial charge on any atom is 0.340 e. The Kier molecular flexibility index (Phi) is 4.21. The van der Waals surface area contributed by atoms with Crippen LogP contribution in [0.4, 0.5) is 4.39 Å². The molecule has 0 aliphatic carbocycles. The number of aromatic nitrogens is 1. The van der Waals surface area contributed by atoms with Crippen LogP contribution in [0.25, 0.3) is 21.6 Å². The highest BCUT2D eigenvalue weighted by Crippen LogP contribution is 2.33. The highest BCUT2D eigenvalue weighted by atomic mass is 32.1. The molecule has 3 aromatic rings. The van der Waals surface area contributed by atoms with Crippen LogP contribution < -0.4 is 0 Å². The summed E-state index contributed by atoms with van der Waals surface area (Å²) in [5, 5.41) is 0. The first-order valence-corrected chi connectivity index (χ1v) is 7.86. The number of ether oxygens (including phenoxy) is 1. The summed E-state index contributed by atoms with van der Waals surface area (Å²) in [6, 6.07) is 10.7. The molecule has 0 bridgehead atoms. The molecule has 0 aliphatic heterocycles. The number of hydrogen-bond donors (Lipinski definition) is 0. The van der Waals surface area contributed by atoms with E-state index in [0.29, 0.717) is 11.1 Å². The Hall–Kier alpha value is -2.53. The van der Waals surface area contributed by atoms with Crippen LogP contribution in [0.15, 0.2) is 48.1 Å². The van der Waals surface area contributed by atoms with Crippen molar-refractivity contribution in [3.8, 4) is 21.6 Å². The normalized spacial score (nSPS) is 10.6. The fraction of sp³-hybridized carbons (Fsp3) is 0.111. The Morgan fingerprint density at radius 2 is 1.91 bits per heavy atom. The van der Waals surface area contributed by atoms with Crippen molar-refractivity contribution in [3.05, 3.63) is 65.0 Å². The standard InChI is InChI=1S/C18H14FNO2S/c1-11-3-5-12(6-4-11)14-7-13(16-9-20-10-23-16)8-15(17(14)19)18(21)22-2/h3-10H,1-2H3. The van der Waals surface area contributed by atoms with Crippen molar-refractivity contribution in [2.24, 2.45) is 0 Å². The number of halogens is 1. The van der Waals surface area contributed by atoms with Crippen molar-refractivity contribution < 1.29 is 13.9 Å². The predicted molar refractivity (Wildman–Crippen MR) is 89.0 cm³/mol. The van der Waals surface area contributed by atoms with Crippen molar-refractivity contribution in [1.29, 1.82) is 0 Å². The maximum atomic E-state index is 14.8. The van der Waals surface area contributed by atoms with Crippen LogP contribution in [0, 0.1) is 12.7 Å². The number of carbonyl (C=O) groups is 1. The van der Waals surface area contributed by atoms with E-state index in [9.17, 15) is 9.18 Å². The molecule has 3 nitrogen and oxygen atoms in total. The van der Waals surface area contributed by atoms with Crippen molar-refractivity contribution >= 4 is 17.3 Å². The first-order chi connectivity index (χ1) is 11.1. The van der Waals surface area contributed by atoms with E-state index in [0.717, 1.165) is 16.0 Å². The quantitative estimate of drug-likeness (QED) is 0.654. The van der Waals surface area contributed by atoms with Gasteiger partial charge >= 0.3 is 5.97 Å². The summed E-state index contributed by atoms with van der Waals surface area (Å²) < 4.78 is 19.5. The van der Waals surface area contributed by atoms with Crippen LogP contribution in [-0.2, 0) is 4.74 Å². The monoisotopic (exact) mass is 327 g/mol. The third kappa shape index (κ3) is 3.00. The lowest BCUT2D eigenvalue weighted by Crippen LogP contribution is -2.06. The second kappa shape index (κ2) is 6.30. The fourth-order valence-electron chi connectivity index (χ4n) is 2.33. The smallest absolute Gasteiger partial charge is 0.340 e. The second-order valence-electron chi connectivity index (χ2n) is 5.11. The molecule has 0 saturated heterocycles. The highest BCUT2D eigenvalue weighted by molar-refractivity contribution is 7.13. The number of nitrogens with zero attached hydrogens (tertiary/aromatic N) is 1. The van der Waals surface area contributed by atoms with E-state index >= 15 is 0 Å². The number of carbonyl (C=O) groups excluding carboxylic acids is 1. The molecule has 1 heterocycles. The van der Waals surface area contributed by atoms with Crippen LogP contribution in [0.5, 0.6) is 0 Å². The molecule has 1 aromatic heterocycles. The van der Waals surface area contributed by atoms with Gasteiger partial charge in [-0.05, 0) is 30.2 Å². The van der Waals surface area contributed by atoms with Crippen LogP contribution in [-0.4, -0.2) is 18.1 Å². The van der Waals surface area contributed by atoms with Crippen LogP contribution >= 0.6 is 11.3 Å². The van der Waals surface area contributed by atoms with E-state index in [1.54, 1.807) is 17.8 Å². The molecule has 23 heavy (non-hydrogen) atoms. The van der Waals surface area contributed by atoms with E-state index in [2.05, 4.69) is 4.98 Å². The van der Waals surface area contributed by atoms with Gasteiger partial charge in [0.15, 0.2) is 0 Å². The summed E-state index contributed by atoms with van der Waals surface area (Å²) in [5.74, 6) is -1.27. The zero-order valence-electron chi connectivity index (χ0n) is 12.7. The van der Waals surface area contributed by atoms with E-state index in [-0.39, 0.29) is 5.56 Å². The number of thiazole rings is 1. The topological polar surface area (TPSA) is 39.2 Å². The molecule has 0 fully saturated rings. The van der Waals surface area contributed by atoms with Crippen molar-refractivity contribution in [2.75, 3.05) is 7.11 Å². The second-order valence-corrected chi connectivity index (χ2v) is 5.99. The average molecular weight is 327 g/mol. The summed E-state index contributed by atoms with van der Waals surface area (Å²) in [6.45, 7) is 1.97. The molecule has 0 spiro atoms. The third-order valence-electron chi connectivity index (χ3n) is 3.56. The number of hydrogen-bond acceptors (Lipinski definition) is 4. The van der Waals surface area contributed by atoms with E-state index < -0.39 is 11.8 Å². The van der Waals surface area contributed by atoms with Gasteiger partial charge in [0.2, 0.25) is 0 Å². The van der Waals surface area contributed by atoms with Crippen LogP contribution in [0.3, 0.4) is 0 Å². The molecule has 0 atom stereocenters. The lowest BCUT2D eigenvalue weighted by Gasteiger charge is -2.11. The Balaban J connectivity index is 2.23. The van der Waals surface area contributed by atoms with Gasteiger partial charge in [-0.3, -0.25) is 4.98 Å². The average Bonchev–Trinajstić information content (AvgIpc) is 3.10. The molecular formula is C18H14FNO2S. The Labute approximate surface area is 137 Å². The molecule has 0 saturated carbocycles. The van der Waals surface area contributed by atoms with Gasteiger partial charge in [-0.15, -0.1) is 11.3 Å². The zero-order valence-corrected chi connectivity index (χ0v) is 13.5. The van der Waals surface area contributed by atoms with E-state index in [1.807, 2.05) is 31.2 Å². The molecule has 3 rings (SSSR count). The third-order valence-corrected chi connectivity index (χ3v) is 4.38. The molecule has 0 unspecified atom stereocenters. The van der Waals surface area contributed by atoms with Crippen molar-refractivity contribution in [2.45, 2.75) is 6.92 Å². The maximum absolute atomic E-state index is 14.8. The van der Waals surface area contributed by atoms with Gasteiger partial charge in [0.1, 0.15) is 5.82 Å². The Morgan fingerprint density at radius 3 is 2.52 bits per heavy atom. The van der Waals surface area contributed by atoms with Gasteiger partial charge in [-0.1, -0.05) is 29.8 Å². The fourth-order valence-corrected chi connectivity index (χ4v) is 2.94. The summed E-state index contributed by atoms with van der Waals surface area (Å²) in [4.78, 5) is 16.8. The number of benzene rings is 2. The zero-order chi connectivity index (χ0) is 16.4. The number of aryl methyl sites for hydroxylation is 1. The van der Waals surface area contributed by atoms with Gasteiger partial charge in [-0.2, -0.15) is 0 Å². The number of rotatable bonds is 3.